The van der Waals surface area contributed by atoms with Crippen molar-refractivity contribution in [3.05, 3.63) is 29.8 Å². The second kappa shape index (κ2) is 3.88. The summed E-state index contributed by atoms with van der Waals surface area (Å²) in [6.45, 7) is 9.34. The number of anilines is 1. The van der Waals surface area contributed by atoms with Crippen molar-refractivity contribution in [1.29, 1.82) is 0 Å². The molecule has 0 saturated carbocycles. The number of para-hydroxylation sites is 1. The SMILES string of the molecule is CC(C)(C)CCN1CCc2ccccc21. The predicted octanol–water partition coefficient (Wildman–Crippen LogP) is 3.49. The minimum Gasteiger partial charge on any atom is -0.371 e. The molecule has 0 amide bonds. The van der Waals surface area contributed by atoms with Gasteiger partial charge in [0.25, 0.3) is 0 Å². The molecule has 0 bridgehead atoms. The van der Waals surface area contributed by atoms with Crippen LogP contribution in [-0.4, -0.2) is 13.1 Å². The van der Waals surface area contributed by atoms with E-state index >= 15 is 0 Å². The summed E-state index contributed by atoms with van der Waals surface area (Å²) in [4.78, 5) is 2.53. The second-order valence-electron chi connectivity index (χ2n) is 5.68. The number of fused-ring (bicyclic) bond motifs is 1. The lowest BCUT2D eigenvalue weighted by atomic mass is 9.92. The summed E-state index contributed by atoms with van der Waals surface area (Å²) in [5.41, 5.74) is 3.42. The third-order valence-electron chi connectivity index (χ3n) is 3.12. The number of rotatable bonds is 2. The lowest BCUT2D eigenvalue weighted by Gasteiger charge is -2.25. The normalized spacial score (nSPS) is 15.5. The van der Waals surface area contributed by atoms with Crippen LogP contribution < -0.4 is 4.90 Å². The Labute approximate surface area is 93.1 Å². The van der Waals surface area contributed by atoms with Gasteiger partial charge >= 0.3 is 0 Å². The minimum absolute atomic E-state index is 0.442. The van der Waals surface area contributed by atoms with Gasteiger partial charge in [0, 0.05) is 18.8 Å². The van der Waals surface area contributed by atoms with Crippen molar-refractivity contribution in [3.63, 3.8) is 0 Å². The van der Waals surface area contributed by atoms with E-state index in [-0.39, 0.29) is 0 Å². The molecule has 1 nitrogen and oxygen atoms in total. The fourth-order valence-electron chi connectivity index (χ4n) is 2.11. The largest absolute Gasteiger partial charge is 0.371 e. The lowest BCUT2D eigenvalue weighted by Crippen LogP contribution is -2.25. The molecule has 0 radical (unpaired) electrons. The van der Waals surface area contributed by atoms with Gasteiger partial charge in [-0.3, -0.25) is 0 Å². The molecule has 1 aromatic rings. The van der Waals surface area contributed by atoms with E-state index in [1.165, 1.54) is 37.2 Å². The zero-order chi connectivity index (χ0) is 10.9. The topological polar surface area (TPSA) is 3.24 Å². The molecular formula is C14H21N. The Bertz CT molecular complexity index is 335. The highest BCUT2D eigenvalue weighted by Gasteiger charge is 2.20. The molecule has 0 spiro atoms. The monoisotopic (exact) mass is 203 g/mol. The van der Waals surface area contributed by atoms with Crippen molar-refractivity contribution in [2.75, 3.05) is 18.0 Å². The van der Waals surface area contributed by atoms with Crippen molar-refractivity contribution in [1.82, 2.24) is 0 Å². The Morgan fingerprint density at radius 1 is 1.20 bits per heavy atom. The van der Waals surface area contributed by atoms with Crippen molar-refractivity contribution in [2.24, 2.45) is 5.41 Å². The first-order valence-electron chi connectivity index (χ1n) is 5.89. The summed E-state index contributed by atoms with van der Waals surface area (Å²) in [7, 11) is 0. The maximum atomic E-state index is 2.53. The van der Waals surface area contributed by atoms with Crippen LogP contribution in [0.1, 0.15) is 32.8 Å². The van der Waals surface area contributed by atoms with Crippen molar-refractivity contribution in [2.45, 2.75) is 33.6 Å². The van der Waals surface area contributed by atoms with Gasteiger partial charge in [-0.1, -0.05) is 39.0 Å². The molecule has 1 aliphatic rings. The zero-order valence-electron chi connectivity index (χ0n) is 10.1. The molecule has 0 aromatic heterocycles. The molecule has 0 saturated heterocycles. The average Bonchev–Trinajstić information content (AvgIpc) is 2.57. The molecule has 2 rings (SSSR count). The summed E-state index contributed by atoms with van der Waals surface area (Å²) in [5, 5.41) is 0. The van der Waals surface area contributed by atoms with Gasteiger partial charge < -0.3 is 4.90 Å². The Hall–Kier alpha value is -0.980. The van der Waals surface area contributed by atoms with E-state index in [0.717, 1.165) is 0 Å². The van der Waals surface area contributed by atoms with Crippen LogP contribution in [0.25, 0.3) is 0 Å². The molecule has 1 aliphatic heterocycles. The third-order valence-corrected chi connectivity index (χ3v) is 3.12. The fraction of sp³-hybridized carbons (Fsp3) is 0.571. The molecule has 1 aromatic carbocycles. The van der Waals surface area contributed by atoms with Gasteiger partial charge in [0.2, 0.25) is 0 Å². The van der Waals surface area contributed by atoms with Crippen molar-refractivity contribution >= 4 is 5.69 Å². The lowest BCUT2D eigenvalue weighted by molar-refractivity contribution is 0.380. The van der Waals surface area contributed by atoms with E-state index in [1.807, 2.05) is 0 Å². The van der Waals surface area contributed by atoms with Gasteiger partial charge in [-0.25, -0.2) is 0 Å². The van der Waals surface area contributed by atoms with Crippen molar-refractivity contribution in [3.8, 4) is 0 Å². The van der Waals surface area contributed by atoms with E-state index < -0.39 is 0 Å². The summed E-state index contributed by atoms with van der Waals surface area (Å²) in [6, 6.07) is 8.80. The highest BCUT2D eigenvalue weighted by molar-refractivity contribution is 5.57. The molecule has 15 heavy (non-hydrogen) atoms. The van der Waals surface area contributed by atoms with Gasteiger partial charge in [0.05, 0.1) is 0 Å². The number of nitrogens with zero attached hydrogens (tertiary/aromatic N) is 1. The Morgan fingerprint density at radius 3 is 2.67 bits per heavy atom. The first-order valence-corrected chi connectivity index (χ1v) is 5.89. The van der Waals surface area contributed by atoms with Gasteiger partial charge in [0.15, 0.2) is 0 Å². The summed E-state index contributed by atoms with van der Waals surface area (Å²) >= 11 is 0. The molecule has 0 aliphatic carbocycles. The minimum atomic E-state index is 0.442. The number of benzene rings is 1. The average molecular weight is 203 g/mol. The predicted molar refractivity (Wildman–Crippen MR) is 66.4 cm³/mol. The van der Waals surface area contributed by atoms with E-state index in [4.69, 9.17) is 0 Å². The van der Waals surface area contributed by atoms with E-state index in [1.54, 1.807) is 0 Å². The molecule has 0 N–H and O–H groups in total. The van der Waals surface area contributed by atoms with E-state index in [2.05, 4.69) is 49.9 Å². The molecule has 82 valence electrons. The van der Waals surface area contributed by atoms with Crippen LogP contribution in [-0.2, 0) is 6.42 Å². The fourth-order valence-corrected chi connectivity index (χ4v) is 2.11. The highest BCUT2D eigenvalue weighted by Crippen LogP contribution is 2.29. The van der Waals surface area contributed by atoms with Gasteiger partial charge in [-0.05, 0) is 29.9 Å². The number of hydrogen-bond acceptors (Lipinski definition) is 1. The van der Waals surface area contributed by atoms with Crippen molar-refractivity contribution < 1.29 is 0 Å². The van der Waals surface area contributed by atoms with Crippen LogP contribution in [0.5, 0.6) is 0 Å². The quantitative estimate of drug-likeness (QED) is 0.711. The third kappa shape index (κ3) is 2.53. The first kappa shape index (κ1) is 10.5. The second-order valence-corrected chi connectivity index (χ2v) is 5.68. The summed E-state index contributed by atoms with van der Waals surface area (Å²) in [5.74, 6) is 0. The van der Waals surface area contributed by atoms with Crippen LogP contribution in [0.2, 0.25) is 0 Å². The van der Waals surface area contributed by atoms with Crippen LogP contribution in [0.15, 0.2) is 24.3 Å². The Balaban J connectivity index is 2.02. The van der Waals surface area contributed by atoms with Crippen LogP contribution in [0, 0.1) is 5.41 Å². The van der Waals surface area contributed by atoms with Gasteiger partial charge in [-0.2, -0.15) is 0 Å². The Morgan fingerprint density at radius 2 is 1.93 bits per heavy atom. The van der Waals surface area contributed by atoms with Gasteiger partial charge in [0.1, 0.15) is 0 Å². The van der Waals surface area contributed by atoms with E-state index in [9.17, 15) is 0 Å². The van der Waals surface area contributed by atoms with Crippen LogP contribution >= 0.6 is 0 Å². The highest BCUT2D eigenvalue weighted by atomic mass is 15.1. The smallest absolute Gasteiger partial charge is 0.0399 e. The first-order chi connectivity index (χ1) is 7.06. The summed E-state index contributed by atoms with van der Waals surface area (Å²) < 4.78 is 0. The molecule has 0 fully saturated rings. The molecular weight excluding hydrogens is 182 g/mol. The van der Waals surface area contributed by atoms with Gasteiger partial charge in [-0.15, -0.1) is 0 Å². The zero-order valence-corrected chi connectivity index (χ0v) is 10.1. The van der Waals surface area contributed by atoms with Crippen LogP contribution in [0.3, 0.4) is 0 Å². The van der Waals surface area contributed by atoms with E-state index in [0.29, 0.717) is 5.41 Å². The summed E-state index contributed by atoms with van der Waals surface area (Å²) in [6.07, 6.45) is 2.49. The molecule has 1 heterocycles. The molecule has 0 atom stereocenters. The Kier molecular flexibility index (Phi) is 2.72. The molecule has 1 heteroatoms. The number of hydrogen-bond donors (Lipinski definition) is 0. The van der Waals surface area contributed by atoms with Crippen LogP contribution in [0.4, 0.5) is 5.69 Å². The maximum absolute atomic E-state index is 2.53. The molecule has 0 unspecified atom stereocenters. The standard InChI is InChI=1S/C14H21N/c1-14(2,3)9-11-15-10-8-12-6-4-5-7-13(12)15/h4-7H,8-11H2,1-3H3. The maximum Gasteiger partial charge on any atom is 0.0399 e.